The van der Waals surface area contributed by atoms with Gasteiger partial charge in [-0.1, -0.05) is 48.5 Å². The van der Waals surface area contributed by atoms with E-state index in [-0.39, 0.29) is 0 Å². The van der Waals surface area contributed by atoms with Gasteiger partial charge in [-0.05, 0) is 53.4 Å². The molecule has 4 rings (SSSR count). The maximum absolute atomic E-state index is 10.8. The molecule has 3 nitrogen and oxygen atoms in total. The molecule has 3 aromatic rings. The van der Waals surface area contributed by atoms with Gasteiger partial charge in [-0.25, -0.2) is 0 Å². The summed E-state index contributed by atoms with van der Waals surface area (Å²) in [6.45, 7) is 7.25. The van der Waals surface area contributed by atoms with E-state index in [1.54, 1.807) is 0 Å². The van der Waals surface area contributed by atoms with Crippen molar-refractivity contribution in [2.75, 3.05) is 31.1 Å². The highest BCUT2D eigenvalue weighted by molar-refractivity contribution is 5.75. The molecule has 0 aliphatic carbocycles. The van der Waals surface area contributed by atoms with Crippen molar-refractivity contribution >= 4 is 12.0 Å². The molecule has 0 amide bonds. The fourth-order valence-corrected chi connectivity index (χ4v) is 3.96. The van der Waals surface area contributed by atoms with Crippen LogP contribution in [0.3, 0.4) is 0 Å². The molecule has 0 unspecified atom stereocenters. The Morgan fingerprint density at radius 1 is 0.786 bits per heavy atom. The van der Waals surface area contributed by atoms with Crippen molar-refractivity contribution < 1.29 is 4.79 Å². The number of carbonyl (C=O) groups is 1. The van der Waals surface area contributed by atoms with Crippen molar-refractivity contribution in [3.8, 4) is 11.1 Å². The maximum atomic E-state index is 10.8. The molecule has 0 saturated carbocycles. The highest BCUT2D eigenvalue weighted by atomic mass is 16.1. The summed E-state index contributed by atoms with van der Waals surface area (Å²) in [5, 5.41) is 0. The smallest absolute Gasteiger partial charge is 0.150 e. The predicted octanol–water partition coefficient (Wildman–Crippen LogP) is 4.80. The lowest BCUT2D eigenvalue weighted by atomic mass is 9.95. The lowest BCUT2D eigenvalue weighted by Crippen LogP contribution is -2.46. The number of hydrogen-bond acceptors (Lipinski definition) is 3. The van der Waals surface area contributed by atoms with Crippen molar-refractivity contribution in [1.29, 1.82) is 0 Å². The molecule has 142 valence electrons. The minimum Gasteiger partial charge on any atom is -0.369 e. The van der Waals surface area contributed by atoms with Gasteiger partial charge in [0.15, 0.2) is 0 Å². The van der Waals surface area contributed by atoms with Crippen LogP contribution in [-0.2, 0) is 6.54 Å². The fraction of sp³-hybridized carbons (Fsp3) is 0.240. The van der Waals surface area contributed by atoms with Gasteiger partial charge in [0.05, 0.1) is 0 Å². The molecule has 28 heavy (non-hydrogen) atoms. The summed E-state index contributed by atoms with van der Waals surface area (Å²) in [6, 6.07) is 25.3. The molecule has 1 heterocycles. The van der Waals surface area contributed by atoms with E-state index in [0.29, 0.717) is 0 Å². The zero-order valence-corrected chi connectivity index (χ0v) is 16.3. The van der Waals surface area contributed by atoms with Gasteiger partial charge in [-0.15, -0.1) is 0 Å². The van der Waals surface area contributed by atoms with Gasteiger partial charge in [0, 0.05) is 44.0 Å². The van der Waals surface area contributed by atoms with Crippen LogP contribution in [0.2, 0.25) is 0 Å². The standard InChI is InChI=1S/C25H26N2O/c1-20-6-2-4-8-24(20)25-9-5-3-7-22(25)18-26-14-16-27(17-15-26)23-12-10-21(19-28)11-13-23/h2-13,19H,14-18H2,1H3. The van der Waals surface area contributed by atoms with Crippen molar-refractivity contribution in [3.63, 3.8) is 0 Å². The largest absolute Gasteiger partial charge is 0.369 e. The third-order valence-corrected chi connectivity index (χ3v) is 5.61. The Morgan fingerprint density at radius 3 is 2.11 bits per heavy atom. The molecule has 0 atom stereocenters. The van der Waals surface area contributed by atoms with Crippen molar-refractivity contribution in [1.82, 2.24) is 4.90 Å². The zero-order valence-electron chi connectivity index (χ0n) is 16.3. The van der Waals surface area contributed by atoms with Crippen LogP contribution in [0.25, 0.3) is 11.1 Å². The zero-order chi connectivity index (χ0) is 19.3. The molecule has 0 radical (unpaired) electrons. The second-order valence-corrected chi connectivity index (χ2v) is 7.44. The first-order valence-corrected chi connectivity index (χ1v) is 9.91. The van der Waals surface area contributed by atoms with E-state index < -0.39 is 0 Å². The quantitative estimate of drug-likeness (QED) is 0.603. The molecule has 0 spiro atoms. The summed E-state index contributed by atoms with van der Waals surface area (Å²) in [7, 11) is 0. The topological polar surface area (TPSA) is 23.6 Å². The van der Waals surface area contributed by atoms with Crippen LogP contribution in [0.1, 0.15) is 21.5 Å². The van der Waals surface area contributed by atoms with Crippen LogP contribution in [0, 0.1) is 6.92 Å². The number of benzene rings is 3. The van der Waals surface area contributed by atoms with Crippen LogP contribution >= 0.6 is 0 Å². The molecule has 1 aliphatic heterocycles. The first-order valence-electron chi connectivity index (χ1n) is 9.91. The van der Waals surface area contributed by atoms with Gasteiger partial charge in [0.25, 0.3) is 0 Å². The Hall–Kier alpha value is -2.91. The lowest BCUT2D eigenvalue weighted by molar-refractivity contribution is 0.112. The van der Waals surface area contributed by atoms with E-state index in [0.717, 1.165) is 44.6 Å². The van der Waals surface area contributed by atoms with Gasteiger partial charge in [0.1, 0.15) is 6.29 Å². The second-order valence-electron chi connectivity index (χ2n) is 7.44. The number of piperazine rings is 1. The normalized spacial score (nSPS) is 14.8. The van der Waals surface area contributed by atoms with Gasteiger partial charge < -0.3 is 4.90 Å². The SMILES string of the molecule is Cc1ccccc1-c1ccccc1CN1CCN(c2ccc(C=O)cc2)CC1. The number of carbonyl (C=O) groups excluding carboxylic acids is 1. The molecule has 1 aliphatic rings. The summed E-state index contributed by atoms with van der Waals surface area (Å²) in [5.41, 5.74) is 7.30. The summed E-state index contributed by atoms with van der Waals surface area (Å²) in [4.78, 5) is 15.8. The molecule has 0 N–H and O–H groups in total. The third kappa shape index (κ3) is 4.00. The summed E-state index contributed by atoms with van der Waals surface area (Å²) in [6.07, 6.45) is 0.896. The van der Waals surface area contributed by atoms with E-state index in [4.69, 9.17) is 0 Å². The Bertz CT molecular complexity index is 941. The predicted molar refractivity (Wildman–Crippen MR) is 116 cm³/mol. The Kier molecular flexibility index (Phi) is 5.54. The molecule has 3 heteroatoms. The van der Waals surface area contributed by atoms with E-state index in [1.165, 1.54) is 27.9 Å². The number of hydrogen-bond donors (Lipinski definition) is 0. The fourth-order valence-electron chi connectivity index (χ4n) is 3.96. The van der Waals surface area contributed by atoms with Gasteiger partial charge >= 0.3 is 0 Å². The number of nitrogens with zero attached hydrogens (tertiary/aromatic N) is 2. The van der Waals surface area contributed by atoms with Crippen molar-refractivity contribution in [2.24, 2.45) is 0 Å². The van der Waals surface area contributed by atoms with Gasteiger partial charge in [0.2, 0.25) is 0 Å². The van der Waals surface area contributed by atoms with E-state index >= 15 is 0 Å². The van der Waals surface area contributed by atoms with Gasteiger partial charge in [-0.3, -0.25) is 9.69 Å². The number of rotatable bonds is 5. The molecule has 0 aromatic heterocycles. The van der Waals surface area contributed by atoms with Crippen LogP contribution in [0.4, 0.5) is 5.69 Å². The van der Waals surface area contributed by atoms with E-state index in [9.17, 15) is 4.79 Å². The maximum Gasteiger partial charge on any atom is 0.150 e. The average molecular weight is 370 g/mol. The van der Waals surface area contributed by atoms with Crippen LogP contribution in [0.5, 0.6) is 0 Å². The highest BCUT2D eigenvalue weighted by Gasteiger charge is 2.18. The first kappa shape index (κ1) is 18.5. The van der Waals surface area contributed by atoms with E-state index in [2.05, 4.69) is 65.3 Å². The monoisotopic (exact) mass is 370 g/mol. The summed E-state index contributed by atoms with van der Waals surface area (Å²) < 4.78 is 0. The molecule has 1 fully saturated rings. The van der Waals surface area contributed by atoms with Crippen LogP contribution in [0.15, 0.2) is 72.8 Å². The summed E-state index contributed by atoms with van der Waals surface area (Å²) in [5.74, 6) is 0. The number of aryl methyl sites for hydroxylation is 1. The lowest BCUT2D eigenvalue weighted by Gasteiger charge is -2.36. The Morgan fingerprint density at radius 2 is 1.43 bits per heavy atom. The Balaban J connectivity index is 1.44. The minimum absolute atomic E-state index is 0.732. The highest BCUT2D eigenvalue weighted by Crippen LogP contribution is 2.28. The second kappa shape index (κ2) is 8.41. The summed E-state index contributed by atoms with van der Waals surface area (Å²) >= 11 is 0. The number of anilines is 1. The Labute approximate surface area is 167 Å². The van der Waals surface area contributed by atoms with Crippen LogP contribution in [-0.4, -0.2) is 37.4 Å². The van der Waals surface area contributed by atoms with Gasteiger partial charge in [-0.2, -0.15) is 0 Å². The van der Waals surface area contributed by atoms with Crippen molar-refractivity contribution in [3.05, 3.63) is 89.5 Å². The average Bonchev–Trinajstić information content (AvgIpc) is 2.75. The van der Waals surface area contributed by atoms with Crippen molar-refractivity contribution in [2.45, 2.75) is 13.5 Å². The molecular weight excluding hydrogens is 344 g/mol. The van der Waals surface area contributed by atoms with E-state index in [1.807, 2.05) is 24.3 Å². The molecule has 3 aromatic carbocycles. The molecule has 1 saturated heterocycles. The first-order chi connectivity index (χ1) is 13.7. The minimum atomic E-state index is 0.732. The molecular formula is C25H26N2O. The number of aldehydes is 1. The van der Waals surface area contributed by atoms with Crippen LogP contribution < -0.4 is 4.90 Å². The third-order valence-electron chi connectivity index (χ3n) is 5.61. The molecule has 0 bridgehead atoms.